The Balaban J connectivity index is 2.32. The van der Waals surface area contributed by atoms with Gasteiger partial charge < -0.3 is 5.11 Å². The average molecular weight is 226 g/mol. The van der Waals surface area contributed by atoms with Gasteiger partial charge in [0.05, 0.1) is 11.2 Å². The van der Waals surface area contributed by atoms with Crippen LogP contribution in [-0.4, -0.2) is 10.1 Å². The maximum atomic E-state index is 9.89. The number of rotatable bonds is 2. The van der Waals surface area contributed by atoms with Gasteiger partial charge in [0.25, 0.3) is 0 Å². The smallest absolute Gasteiger partial charge is 0.122 e. The minimum atomic E-state index is -0.681. The molecule has 0 aliphatic carbocycles. The van der Waals surface area contributed by atoms with Gasteiger partial charge in [-0.15, -0.1) is 11.3 Å². The fourth-order valence-electron chi connectivity index (χ4n) is 1.20. The molecule has 1 heterocycles. The fourth-order valence-corrected chi connectivity index (χ4v) is 1.98. The van der Waals surface area contributed by atoms with Crippen LogP contribution in [-0.2, 0) is 0 Å². The summed E-state index contributed by atoms with van der Waals surface area (Å²) in [6, 6.07) is 7.16. The van der Waals surface area contributed by atoms with Crippen LogP contribution in [0.15, 0.2) is 35.2 Å². The van der Waals surface area contributed by atoms with Crippen molar-refractivity contribution < 1.29 is 5.11 Å². The first-order chi connectivity index (χ1) is 6.77. The van der Waals surface area contributed by atoms with Gasteiger partial charge >= 0.3 is 0 Å². The molecule has 0 bridgehead atoms. The third kappa shape index (κ3) is 1.95. The molecule has 0 aliphatic rings. The summed E-state index contributed by atoms with van der Waals surface area (Å²) in [5.74, 6) is 0. The highest BCUT2D eigenvalue weighted by atomic mass is 35.5. The number of aliphatic hydroxyl groups is 1. The predicted octanol–water partition coefficient (Wildman–Crippen LogP) is 2.88. The molecular weight excluding hydrogens is 218 g/mol. The van der Waals surface area contributed by atoms with Crippen molar-refractivity contribution in [2.45, 2.75) is 6.10 Å². The monoisotopic (exact) mass is 225 g/mol. The summed E-state index contributed by atoms with van der Waals surface area (Å²) >= 11 is 7.28. The van der Waals surface area contributed by atoms with Gasteiger partial charge in [-0.2, -0.15) is 0 Å². The molecule has 0 saturated heterocycles. The first-order valence-corrected chi connectivity index (χ1v) is 5.41. The van der Waals surface area contributed by atoms with Gasteiger partial charge in [0.2, 0.25) is 0 Å². The second-order valence-electron chi connectivity index (χ2n) is 2.87. The number of hydrogen-bond acceptors (Lipinski definition) is 3. The normalized spacial score (nSPS) is 12.7. The van der Waals surface area contributed by atoms with Gasteiger partial charge in [0.15, 0.2) is 0 Å². The molecule has 4 heteroatoms. The van der Waals surface area contributed by atoms with Gasteiger partial charge in [-0.25, -0.2) is 4.98 Å². The molecule has 1 aromatic heterocycles. The summed E-state index contributed by atoms with van der Waals surface area (Å²) in [6.45, 7) is 0. The van der Waals surface area contributed by atoms with Crippen LogP contribution in [0.4, 0.5) is 0 Å². The van der Waals surface area contributed by atoms with E-state index in [1.165, 1.54) is 11.3 Å². The standard InChI is InChI=1S/C10H8ClNOS/c11-8-3-1-2-7(4-8)10(13)9-5-14-6-12-9/h1-6,10,13H. The Kier molecular flexibility index (Phi) is 2.82. The minimum absolute atomic E-state index is 0.622. The molecular formula is C10H8ClNOS. The van der Waals surface area contributed by atoms with Crippen molar-refractivity contribution in [3.05, 3.63) is 51.4 Å². The lowest BCUT2D eigenvalue weighted by Crippen LogP contribution is -1.99. The van der Waals surface area contributed by atoms with Crippen molar-refractivity contribution >= 4 is 22.9 Å². The lowest BCUT2D eigenvalue weighted by Gasteiger charge is -2.07. The molecule has 1 N–H and O–H groups in total. The average Bonchev–Trinajstić information content (AvgIpc) is 2.69. The summed E-state index contributed by atoms with van der Waals surface area (Å²) in [6.07, 6.45) is -0.681. The second-order valence-corrected chi connectivity index (χ2v) is 4.03. The van der Waals surface area contributed by atoms with E-state index >= 15 is 0 Å². The van der Waals surface area contributed by atoms with Crippen LogP contribution in [0.1, 0.15) is 17.4 Å². The third-order valence-electron chi connectivity index (χ3n) is 1.90. The highest BCUT2D eigenvalue weighted by Crippen LogP contribution is 2.23. The van der Waals surface area contributed by atoms with Crippen LogP contribution in [0.25, 0.3) is 0 Å². The van der Waals surface area contributed by atoms with Crippen molar-refractivity contribution in [1.82, 2.24) is 4.98 Å². The Labute approximate surface area is 90.8 Å². The zero-order chi connectivity index (χ0) is 9.97. The number of thiazole rings is 1. The van der Waals surface area contributed by atoms with Crippen LogP contribution < -0.4 is 0 Å². The van der Waals surface area contributed by atoms with E-state index in [4.69, 9.17) is 11.6 Å². The minimum Gasteiger partial charge on any atom is -0.382 e. The highest BCUT2D eigenvalue weighted by molar-refractivity contribution is 7.07. The zero-order valence-electron chi connectivity index (χ0n) is 7.22. The SMILES string of the molecule is OC(c1cccc(Cl)c1)c1cscn1. The molecule has 2 rings (SSSR count). The van der Waals surface area contributed by atoms with Crippen LogP contribution >= 0.6 is 22.9 Å². The first kappa shape index (κ1) is 9.65. The molecule has 0 saturated carbocycles. The van der Waals surface area contributed by atoms with E-state index in [1.54, 1.807) is 17.6 Å². The number of nitrogens with zero attached hydrogens (tertiary/aromatic N) is 1. The Morgan fingerprint density at radius 2 is 2.29 bits per heavy atom. The number of aliphatic hydroxyl groups excluding tert-OH is 1. The molecule has 0 amide bonds. The summed E-state index contributed by atoms with van der Waals surface area (Å²) in [5.41, 5.74) is 3.13. The van der Waals surface area contributed by atoms with E-state index < -0.39 is 6.10 Å². The van der Waals surface area contributed by atoms with Crippen molar-refractivity contribution in [1.29, 1.82) is 0 Å². The van der Waals surface area contributed by atoms with E-state index in [0.29, 0.717) is 10.7 Å². The Bertz CT molecular complexity index is 416. The number of benzene rings is 1. The van der Waals surface area contributed by atoms with Gasteiger partial charge in [-0.3, -0.25) is 0 Å². The number of hydrogen-bond donors (Lipinski definition) is 1. The molecule has 0 aliphatic heterocycles. The quantitative estimate of drug-likeness (QED) is 0.853. The number of aromatic nitrogens is 1. The van der Waals surface area contributed by atoms with Gasteiger partial charge in [0.1, 0.15) is 6.10 Å². The van der Waals surface area contributed by atoms with Crippen molar-refractivity contribution in [2.24, 2.45) is 0 Å². The molecule has 1 unspecified atom stereocenters. The van der Waals surface area contributed by atoms with Crippen LogP contribution in [0.5, 0.6) is 0 Å². The lowest BCUT2D eigenvalue weighted by molar-refractivity contribution is 0.216. The predicted molar refractivity (Wildman–Crippen MR) is 57.6 cm³/mol. The third-order valence-corrected chi connectivity index (χ3v) is 2.74. The van der Waals surface area contributed by atoms with E-state index in [9.17, 15) is 5.11 Å². The lowest BCUT2D eigenvalue weighted by atomic mass is 10.1. The van der Waals surface area contributed by atoms with Crippen molar-refractivity contribution in [3.63, 3.8) is 0 Å². The fraction of sp³-hybridized carbons (Fsp3) is 0.100. The Hall–Kier alpha value is -0.900. The van der Waals surface area contributed by atoms with Gasteiger partial charge in [-0.1, -0.05) is 23.7 Å². The van der Waals surface area contributed by atoms with E-state index in [-0.39, 0.29) is 0 Å². The maximum absolute atomic E-state index is 9.89. The Morgan fingerprint density at radius 1 is 1.43 bits per heavy atom. The summed E-state index contributed by atoms with van der Waals surface area (Å²) < 4.78 is 0. The van der Waals surface area contributed by atoms with Crippen molar-refractivity contribution in [2.75, 3.05) is 0 Å². The topological polar surface area (TPSA) is 33.1 Å². The molecule has 14 heavy (non-hydrogen) atoms. The molecule has 2 aromatic rings. The highest BCUT2D eigenvalue weighted by Gasteiger charge is 2.11. The van der Waals surface area contributed by atoms with E-state index in [0.717, 1.165) is 5.56 Å². The summed E-state index contributed by atoms with van der Waals surface area (Å²) in [7, 11) is 0. The molecule has 72 valence electrons. The van der Waals surface area contributed by atoms with E-state index in [1.807, 2.05) is 17.5 Å². The maximum Gasteiger partial charge on any atom is 0.122 e. The Morgan fingerprint density at radius 3 is 2.93 bits per heavy atom. The first-order valence-electron chi connectivity index (χ1n) is 4.09. The van der Waals surface area contributed by atoms with Crippen LogP contribution in [0.2, 0.25) is 5.02 Å². The second kappa shape index (κ2) is 4.09. The zero-order valence-corrected chi connectivity index (χ0v) is 8.79. The van der Waals surface area contributed by atoms with Crippen molar-refractivity contribution in [3.8, 4) is 0 Å². The molecule has 1 atom stereocenters. The largest absolute Gasteiger partial charge is 0.382 e. The van der Waals surface area contributed by atoms with Gasteiger partial charge in [0, 0.05) is 10.4 Å². The summed E-state index contributed by atoms with van der Waals surface area (Å²) in [5, 5.41) is 12.3. The number of halogens is 1. The molecule has 0 radical (unpaired) electrons. The molecule has 0 fully saturated rings. The molecule has 1 aromatic carbocycles. The molecule has 0 spiro atoms. The molecule has 2 nitrogen and oxygen atoms in total. The van der Waals surface area contributed by atoms with E-state index in [2.05, 4.69) is 4.98 Å². The van der Waals surface area contributed by atoms with Crippen LogP contribution in [0, 0.1) is 0 Å². The van der Waals surface area contributed by atoms with Gasteiger partial charge in [-0.05, 0) is 17.7 Å². The van der Waals surface area contributed by atoms with Crippen LogP contribution in [0.3, 0.4) is 0 Å². The summed E-state index contributed by atoms with van der Waals surface area (Å²) in [4.78, 5) is 4.05.